The zero-order valence-corrected chi connectivity index (χ0v) is 18.0. The second-order valence-corrected chi connectivity index (χ2v) is 7.65. The van der Waals surface area contributed by atoms with E-state index in [0.717, 1.165) is 30.0 Å². The SMILES string of the molecule is CCn1c(C2CCN(C(=O)C=Cc3ccc4c(c3)OCO4)CC2)nn(CCOC)c1=O. The van der Waals surface area contributed by atoms with Gasteiger partial charge in [0.05, 0.1) is 13.2 Å². The normalized spacial score (nSPS) is 16.4. The van der Waals surface area contributed by atoms with E-state index in [9.17, 15) is 9.59 Å². The number of rotatable bonds is 7. The molecule has 0 aliphatic carbocycles. The minimum atomic E-state index is -0.0975. The molecule has 0 saturated carbocycles. The van der Waals surface area contributed by atoms with Gasteiger partial charge in [0.25, 0.3) is 0 Å². The van der Waals surface area contributed by atoms with E-state index in [-0.39, 0.29) is 24.3 Å². The van der Waals surface area contributed by atoms with Gasteiger partial charge in [-0.15, -0.1) is 0 Å². The lowest BCUT2D eigenvalue weighted by molar-refractivity contribution is -0.127. The molecule has 2 aromatic rings. The van der Waals surface area contributed by atoms with E-state index >= 15 is 0 Å². The number of carbonyl (C=O) groups is 1. The van der Waals surface area contributed by atoms with Gasteiger partial charge in [0, 0.05) is 38.7 Å². The van der Waals surface area contributed by atoms with Crippen molar-refractivity contribution in [1.29, 1.82) is 0 Å². The summed E-state index contributed by atoms with van der Waals surface area (Å²) in [5.41, 5.74) is 0.792. The Morgan fingerprint density at radius 1 is 1.26 bits per heavy atom. The predicted octanol–water partition coefficient (Wildman–Crippen LogP) is 1.86. The summed E-state index contributed by atoms with van der Waals surface area (Å²) >= 11 is 0. The van der Waals surface area contributed by atoms with Crippen molar-refractivity contribution in [2.45, 2.75) is 38.8 Å². The summed E-state index contributed by atoms with van der Waals surface area (Å²) in [5, 5.41) is 4.56. The molecule has 0 spiro atoms. The van der Waals surface area contributed by atoms with E-state index in [0.29, 0.717) is 38.5 Å². The van der Waals surface area contributed by atoms with Gasteiger partial charge in [0.2, 0.25) is 12.7 Å². The molecule has 1 amide bonds. The molecule has 0 atom stereocenters. The smallest absolute Gasteiger partial charge is 0.345 e. The quantitative estimate of drug-likeness (QED) is 0.626. The number of hydrogen-bond acceptors (Lipinski definition) is 6. The average Bonchev–Trinajstić information content (AvgIpc) is 3.39. The molecule has 0 radical (unpaired) electrons. The third kappa shape index (κ3) is 4.51. The summed E-state index contributed by atoms with van der Waals surface area (Å²) in [6, 6.07) is 5.60. The molecule has 0 N–H and O–H groups in total. The number of carbonyl (C=O) groups excluding carboxylic acids is 1. The molecule has 1 saturated heterocycles. The number of benzene rings is 1. The van der Waals surface area contributed by atoms with Gasteiger partial charge < -0.3 is 19.1 Å². The fourth-order valence-electron chi connectivity index (χ4n) is 4.03. The van der Waals surface area contributed by atoms with Crippen molar-refractivity contribution in [3.05, 3.63) is 46.1 Å². The van der Waals surface area contributed by atoms with Crippen molar-refractivity contribution in [2.24, 2.45) is 0 Å². The van der Waals surface area contributed by atoms with Crippen molar-refractivity contribution >= 4 is 12.0 Å². The lowest BCUT2D eigenvalue weighted by atomic mass is 9.95. The third-order valence-corrected chi connectivity index (χ3v) is 5.76. The Morgan fingerprint density at radius 2 is 2.03 bits per heavy atom. The van der Waals surface area contributed by atoms with Crippen LogP contribution < -0.4 is 15.2 Å². The van der Waals surface area contributed by atoms with Gasteiger partial charge in [-0.2, -0.15) is 5.10 Å². The number of ether oxygens (including phenoxy) is 3. The van der Waals surface area contributed by atoms with E-state index in [1.807, 2.05) is 30.0 Å². The molecule has 2 aliphatic rings. The summed E-state index contributed by atoms with van der Waals surface area (Å²) in [5.74, 6) is 2.38. The Bertz CT molecular complexity index is 1020. The summed E-state index contributed by atoms with van der Waals surface area (Å²) in [7, 11) is 1.61. The van der Waals surface area contributed by atoms with Crippen molar-refractivity contribution < 1.29 is 19.0 Å². The molecule has 2 aliphatic heterocycles. The topological polar surface area (TPSA) is 87.8 Å². The van der Waals surface area contributed by atoms with Crippen LogP contribution in [0.4, 0.5) is 0 Å². The third-order valence-electron chi connectivity index (χ3n) is 5.76. The van der Waals surface area contributed by atoms with Crippen LogP contribution in [-0.2, 0) is 22.6 Å². The Morgan fingerprint density at radius 3 is 2.77 bits per heavy atom. The van der Waals surface area contributed by atoms with Gasteiger partial charge in [-0.05, 0) is 43.5 Å². The lowest BCUT2D eigenvalue weighted by Crippen LogP contribution is -2.37. The summed E-state index contributed by atoms with van der Waals surface area (Å²) < 4.78 is 19.0. The van der Waals surface area contributed by atoms with Crippen LogP contribution in [0.3, 0.4) is 0 Å². The van der Waals surface area contributed by atoms with Crippen LogP contribution in [0.1, 0.15) is 37.1 Å². The van der Waals surface area contributed by atoms with Crippen LogP contribution in [0.15, 0.2) is 29.1 Å². The van der Waals surface area contributed by atoms with Gasteiger partial charge in [0.1, 0.15) is 5.82 Å². The molecule has 1 aromatic carbocycles. The van der Waals surface area contributed by atoms with Crippen LogP contribution in [-0.4, -0.2) is 58.8 Å². The Kier molecular flexibility index (Phi) is 6.41. The van der Waals surface area contributed by atoms with Crippen LogP contribution in [0, 0.1) is 0 Å². The zero-order valence-electron chi connectivity index (χ0n) is 18.0. The van der Waals surface area contributed by atoms with Gasteiger partial charge >= 0.3 is 5.69 Å². The van der Waals surface area contributed by atoms with Crippen molar-refractivity contribution in [2.75, 3.05) is 33.6 Å². The first-order valence-electron chi connectivity index (χ1n) is 10.6. The number of aromatic nitrogens is 3. The maximum atomic E-state index is 12.6. The maximum absolute atomic E-state index is 12.6. The molecule has 9 heteroatoms. The predicted molar refractivity (Wildman–Crippen MR) is 114 cm³/mol. The second-order valence-electron chi connectivity index (χ2n) is 7.65. The first-order chi connectivity index (χ1) is 15.1. The van der Waals surface area contributed by atoms with E-state index in [2.05, 4.69) is 5.10 Å². The number of hydrogen-bond donors (Lipinski definition) is 0. The molecule has 166 valence electrons. The average molecular weight is 428 g/mol. The monoisotopic (exact) mass is 428 g/mol. The molecule has 1 fully saturated rings. The van der Waals surface area contributed by atoms with E-state index in [1.165, 1.54) is 4.68 Å². The Hall–Kier alpha value is -3.07. The molecule has 31 heavy (non-hydrogen) atoms. The highest BCUT2D eigenvalue weighted by molar-refractivity contribution is 5.92. The largest absolute Gasteiger partial charge is 0.454 e. The molecule has 0 bridgehead atoms. The van der Waals surface area contributed by atoms with Crippen LogP contribution >= 0.6 is 0 Å². The van der Waals surface area contributed by atoms with Crippen molar-refractivity contribution in [3.63, 3.8) is 0 Å². The van der Waals surface area contributed by atoms with Gasteiger partial charge in [0.15, 0.2) is 11.5 Å². The minimum absolute atomic E-state index is 0.0189. The molecule has 3 heterocycles. The van der Waals surface area contributed by atoms with Gasteiger partial charge in [-0.3, -0.25) is 9.36 Å². The van der Waals surface area contributed by atoms with Gasteiger partial charge in [-0.25, -0.2) is 9.48 Å². The number of methoxy groups -OCH3 is 1. The summed E-state index contributed by atoms with van der Waals surface area (Å²) in [6.45, 7) is 4.92. The van der Waals surface area contributed by atoms with E-state index in [1.54, 1.807) is 23.8 Å². The molecule has 4 rings (SSSR count). The first-order valence-corrected chi connectivity index (χ1v) is 10.6. The van der Waals surface area contributed by atoms with Crippen molar-refractivity contribution in [3.8, 4) is 11.5 Å². The fraction of sp³-hybridized carbons (Fsp3) is 0.500. The number of nitrogens with zero attached hydrogens (tertiary/aromatic N) is 4. The Labute approximate surface area is 180 Å². The molecular weight excluding hydrogens is 400 g/mol. The molecule has 9 nitrogen and oxygen atoms in total. The van der Waals surface area contributed by atoms with Crippen LogP contribution in [0.2, 0.25) is 0 Å². The number of piperidine rings is 1. The van der Waals surface area contributed by atoms with Crippen LogP contribution in [0.5, 0.6) is 11.5 Å². The number of amides is 1. The second kappa shape index (κ2) is 9.38. The number of fused-ring (bicyclic) bond motifs is 1. The van der Waals surface area contributed by atoms with Crippen molar-refractivity contribution in [1.82, 2.24) is 19.2 Å². The Balaban J connectivity index is 1.37. The van der Waals surface area contributed by atoms with Crippen LogP contribution in [0.25, 0.3) is 6.08 Å². The molecular formula is C22H28N4O5. The standard InChI is InChI=1S/C22H28N4O5/c1-3-25-21(23-26(22(25)28)12-13-29-2)17-8-10-24(11-9-17)20(27)7-5-16-4-6-18-19(14-16)31-15-30-18/h4-7,14,17H,3,8-13,15H2,1-2H3. The fourth-order valence-corrected chi connectivity index (χ4v) is 4.03. The van der Waals surface area contributed by atoms with E-state index < -0.39 is 0 Å². The highest BCUT2D eigenvalue weighted by atomic mass is 16.7. The lowest BCUT2D eigenvalue weighted by Gasteiger charge is -2.30. The van der Waals surface area contributed by atoms with E-state index in [4.69, 9.17) is 14.2 Å². The van der Waals surface area contributed by atoms with Gasteiger partial charge in [-0.1, -0.05) is 6.07 Å². The summed E-state index contributed by atoms with van der Waals surface area (Å²) in [6.07, 6.45) is 4.95. The summed E-state index contributed by atoms with van der Waals surface area (Å²) in [4.78, 5) is 27.0. The molecule has 1 aromatic heterocycles. The zero-order chi connectivity index (χ0) is 21.8. The highest BCUT2D eigenvalue weighted by Gasteiger charge is 2.27. The maximum Gasteiger partial charge on any atom is 0.345 e. The minimum Gasteiger partial charge on any atom is -0.454 e. The first kappa shape index (κ1) is 21.2. The highest BCUT2D eigenvalue weighted by Crippen LogP contribution is 2.33. The number of likely N-dealkylation sites (tertiary alicyclic amines) is 1. The molecule has 0 unspecified atom stereocenters.